The van der Waals surface area contributed by atoms with Crippen LogP contribution in [0.4, 0.5) is 0 Å². The Balaban J connectivity index is 2.61. The zero-order valence-corrected chi connectivity index (χ0v) is 10.9. The molecular weight excluding hydrogens is 236 g/mol. The number of hydrogen-bond acceptors (Lipinski definition) is 5. The van der Waals surface area contributed by atoms with Gasteiger partial charge in [-0.2, -0.15) is 5.10 Å². The monoisotopic (exact) mass is 254 g/mol. The van der Waals surface area contributed by atoms with Gasteiger partial charge in [0.25, 0.3) is 0 Å². The maximum absolute atomic E-state index is 12.0. The Morgan fingerprint density at radius 3 is 2.67 bits per heavy atom. The number of hydrogen-bond donors (Lipinski definition) is 0. The van der Waals surface area contributed by atoms with Gasteiger partial charge in [0.15, 0.2) is 0 Å². The van der Waals surface area contributed by atoms with Crippen LogP contribution in [0.5, 0.6) is 0 Å². The number of aromatic nitrogens is 3. The first-order valence-electron chi connectivity index (χ1n) is 5.82. The first-order valence-corrected chi connectivity index (χ1v) is 5.82. The summed E-state index contributed by atoms with van der Waals surface area (Å²) < 4.78 is 6.26. The molecule has 0 aliphatic rings. The maximum Gasteiger partial charge on any atom is 0.325 e. The van der Waals surface area contributed by atoms with Crippen LogP contribution in [-0.2, 0) is 20.9 Å². The standard InChI is InChI=1S/C11H18N4O3/c1-4-18-11(17)6-15(9(2)3)10(16)5-14-8-12-7-13-14/h7-9H,4-6H2,1-3H3. The zero-order chi connectivity index (χ0) is 13.5. The van der Waals surface area contributed by atoms with Crippen LogP contribution in [-0.4, -0.2) is 50.7 Å². The van der Waals surface area contributed by atoms with E-state index < -0.39 is 5.97 Å². The molecule has 1 amide bonds. The Labute approximate surface area is 106 Å². The van der Waals surface area contributed by atoms with Gasteiger partial charge in [-0.05, 0) is 20.8 Å². The molecular formula is C11H18N4O3. The summed E-state index contributed by atoms with van der Waals surface area (Å²) in [7, 11) is 0. The SMILES string of the molecule is CCOC(=O)CN(C(=O)Cn1cncn1)C(C)C. The van der Waals surface area contributed by atoms with E-state index in [9.17, 15) is 9.59 Å². The Morgan fingerprint density at radius 2 is 2.17 bits per heavy atom. The molecule has 0 aliphatic heterocycles. The summed E-state index contributed by atoms with van der Waals surface area (Å²) in [5.41, 5.74) is 0. The van der Waals surface area contributed by atoms with Gasteiger partial charge in [-0.15, -0.1) is 0 Å². The number of carbonyl (C=O) groups is 2. The van der Waals surface area contributed by atoms with Crippen LogP contribution in [0, 0.1) is 0 Å². The predicted octanol–water partition coefficient (Wildman–Crippen LogP) is 0.0782. The third-order valence-electron chi connectivity index (χ3n) is 2.31. The zero-order valence-electron chi connectivity index (χ0n) is 10.9. The van der Waals surface area contributed by atoms with E-state index in [0.29, 0.717) is 6.61 Å². The van der Waals surface area contributed by atoms with Crippen LogP contribution in [0.15, 0.2) is 12.7 Å². The third-order valence-corrected chi connectivity index (χ3v) is 2.31. The van der Waals surface area contributed by atoms with Gasteiger partial charge < -0.3 is 9.64 Å². The highest BCUT2D eigenvalue weighted by atomic mass is 16.5. The summed E-state index contributed by atoms with van der Waals surface area (Å²) in [6.07, 6.45) is 2.82. The molecule has 0 unspecified atom stereocenters. The van der Waals surface area contributed by atoms with Gasteiger partial charge in [0.05, 0.1) is 6.61 Å². The minimum absolute atomic E-state index is 0.0426. The second-order valence-corrected chi connectivity index (χ2v) is 4.01. The molecule has 1 aromatic heterocycles. The van der Waals surface area contributed by atoms with Gasteiger partial charge in [-0.3, -0.25) is 9.59 Å². The molecule has 7 nitrogen and oxygen atoms in total. The fourth-order valence-electron chi connectivity index (χ4n) is 1.45. The van der Waals surface area contributed by atoms with E-state index in [1.54, 1.807) is 6.92 Å². The quantitative estimate of drug-likeness (QED) is 0.672. The van der Waals surface area contributed by atoms with Crippen LogP contribution in [0.25, 0.3) is 0 Å². The summed E-state index contributed by atoms with van der Waals surface area (Å²) in [6, 6.07) is -0.0783. The Morgan fingerprint density at radius 1 is 1.44 bits per heavy atom. The van der Waals surface area contributed by atoms with Crippen molar-refractivity contribution in [1.82, 2.24) is 19.7 Å². The molecule has 0 atom stereocenters. The highest BCUT2D eigenvalue weighted by molar-refractivity contribution is 5.82. The number of rotatable bonds is 6. The Bertz CT molecular complexity index is 389. The molecule has 0 radical (unpaired) electrons. The van der Waals surface area contributed by atoms with Crippen molar-refractivity contribution in [2.75, 3.05) is 13.2 Å². The molecule has 0 bridgehead atoms. The first-order chi connectivity index (χ1) is 8.54. The number of amides is 1. The molecule has 0 spiro atoms. The topological polar surface area (TPSA) is 77.3 Å². The van der Waals surface area contributed by atoms with Gasteiger partial charge in [0, 0.05) is 6.04 Å². The normalized spacial score (nSPS) is 10.4. The van der Waals surface area contributed by atoms with Crippen LogP contribution < -0.4 is 0 Å². The largest absolute Gasteiger partial charge is 0.465 e. The smallest absolute Gasteiger partial charge is 0.325 e. The molecule has 18 heavy (non-hydrogen) atoms. The fraction of sp³-hybridized carbons (Fsp3) is 0.636. The van der Waals surface area contributed by atoms with Crippen molar-refractivity contribution in [2.24, 2.45) is 0 Å². The molecule has 100 valence electrons. The molecule has 1 heterocycles. The lowest BCUT2D eigenvalue weighted by Gasteiger charge is -2.25. The molecule has 1 rings (SSSR count). The second kappa shape index (κ2) is 6.73. The Kier molecular flexibility index (Phi) is 5.29. The van der Waals surface area contributed by atoms with Crippen molar-refractivity contribution in [3.63, 3.8) is 0 Å². The lowest BCUT2D eigenvalue weighted by molar-refractivity contribution is -0.150. The van der Waals surface area contributed by atoms with Crippen LogP contribution in [0.1, 0.15) is 20.8 Å². The molecule has 1 aromatic rings. The molecule has 0 aliphatic carbocycles. The fourth-order valence-corrected chi connectivity index (χ4v) is 1.45. The van der Waals surface area contributed by atoms with Crippen LogP contribution >= 0.6 is 0 Å². The average molecular weight is 254 g/mol. The number of carbonyl (C=O) groups excluding carboxylic acids is 2. The summed E-state index contributed by atoms with van der Waals surface area (Å²) in [6.45, 7) is 5.75. The highest BCUT2D eigenvalue weighted by Gasteiger charge is 2.21. The summed E-state index contributed by atoms with van der Waals surface area (Å²) in [4.78, 5) is 28.7. The molecule has 0 aromatic carbocycles. The van der Waals surface area contributed by atoms with E-state index in [0.717, 1.165) is 0 Å². The van der Waals surface area contributed by atoms with Gasteiger partial charge >= 0.3 is 5.97 Å². The van der Waals surface area contributed by atoms with Crippen molar-refractivity contribution >= 4 is 11.9 Å². The average Bonchev–Trinajstić information content (AvgIpc) is 2.78. The van der Waals surface area contributed by atoms with Crippen LogP contribution in [0.3, 0.4) is 0 Å². The minimum Gasteiger partial charge on any atom is -0.465 e. The number of nitrogens with zero attached hydrogens (tertiary/aromatic N) is 4. The lowest BCUT2D eigenvalue weighted by Crippen LogP contribution is -2.43. The van der Waals surface area contributed by atoms with Crippen LogP contribution in [0.2, 0.25) is 0 Å². The van der Waals surface area contributed by atoms with Gasteiger partial charge in [0.1, 0.15) is 25.7 Å². The second-order valence-electron chi connectivity index (χ2n) is 4.01. The first kappa shape index (κ1) is 14.1. The highest BCUT2D eigenvalue weighted by Crippen LogP contribution is 2.01. The van der Waals surface area contributed by atoms with Gasteiger partial charge in [-0.25, -0.2) is 9.67 Å². The van der Waals surface area contributed by atoms with Gasteiger partial charge in [0.2, 0.25) is 5.91 Å². The third kappa shape index (κ3) is 4.15. The maximum atomic E-state index is 12.0. The predicted molar refractivity (Wildman–Crippen MR) is 63.5 cm³/mol. The lowest BCUT2D eigenvalue weighted by atomic mass is 10.3. The van der Waals surface area contributed by atoms with E-state index in [1.807, 2.05) is 13.8 Å². The van der Waals surface area contributed by atoms with Crippen molar-refractivity contribution in [3.05, 3.63) is 12.7 Å². The van der Waals surface area contributed by atoms with Gasteiger partial charge in [-0.1, -0.05) is 0 Å². The molecule has 0 saturated heterocycles. The molecule has 0 N–H and O–H groups in total. The van der Waals surface area contributed by atoms with Crippen molar-refractivity contribution < 1.29 is 14.3 Å². The Hall–Kier alpha value is -1.92. The van der Waals surface area contributed by atoms with E-state index in [-0.39, 0.29) is 25.0 Å². The van der Waals surface area contributed by atoms with Crippen molar-refractivity contribution in [1.29, 1.82) is 0 Å². The molecule has 0 fully saturated rings. The molecule has 0 saturated carbocycles. The van der Waals surface area contributed by atoms with Crippen molar-refractivity contribution in [3.8, 4) is 0 Å². The molecule has 7 heteroatoms. The van der Waals surface area contributed by atoms with E-state index in [2.05, 4.69) is 10.1 Å². The summed E-state index contributed by atoms with van der Waals surface area (Å²) >= 11 is 0. The minimum atomic E-state index is -0.404. The van der Waals surface area contributed by atoms with E-state index in [4.69, 9.17) is 4.74 Å². The summed E-state index contributed by atoms with van der Waals surface area (Å²) in [5.74, 6) is -0.596. The van der Waals surface area contributed by atoms with Crippen molar-refractivity contribution in [2.45, 2.75) is 33.4 Å². The number of esters is 1. The summed E-state index contributed by atoms with van der Waals surface area (Å²) in [5, 5.41) is 3.86. The van der Waals surface area contributed by atoms with E-state index in [1.165, 1.54) is 22.2 Å². The number of ether oxygens (including phenoxy) is 1. The van der Waals surface area contributed by atoms with E-state index >= 15 is 0 Å².